The molecular weight excluding hydrogens is 184 g/mol. The highest BCUT2D eigenvalue weighted by molar-refractivity contribution is 5.49. The van der Waals surface area contributed by atoms with Crippen molar-refractivity contribution in [1.29, 1.82) is 0 Å². The third kappa shape index (κ3) is 4.43. The van der Waals surface area contributed by atoms with Crippen LogP contribution in [0.25, 0.3) is 6.08 Å². The van der Waals surface area contributed by atoms with E-state index < -0.39 is 6.10 Å². The molecule has 1 heteroatoms. The highest BCUT2D eigenvalue weighted by Crippen LogP contribution is 2.07. The molecule has 15 heavy (non-hydrogen) atoms. The molecule has 1 nitrogen and oxygen atoms in total. The maximum Gasteiger partial charge on any atom is 0.0764 e. The fourth-order valence-electron chi connectivity index (χ4n) is 1.21. The van der Waals surface area contributed by atoms with Crippen LogP contribution in [-0.4, -0.2) is 11.2 Å². The van der Waals surface area contributed by atoms with Crippen LogP contribution in [-0.2, 0) is 0 Å². The molecule has 0 heterocycles. The van der Waals surface area contributed by atoms with E-state index in [4.69, 9.17) is 0 Å². The van der Waals surface area contributed by atoms with Gasteiger partial charge in [-0.3, -0.25) is 0 Å². The third-order valence-electron chi connectivity index (χ3n) is 2.07. The molecule has 0 aliphatic heterocycles. The van der Waals surface area contributed by atoms with E-state index in [1.165, 1.54) is 0 Å². The lowest BCUT2D eigenvalue weighted by atomic mass is 10.1. The molecule has 0 saturated heterocycles. The zero-order valence-corrected chi connectivity index (χ0v) is 8.76. The first-order valence-corrected chi connectivity index (χ1v) is 4.94. The van der Waals surface area contributed by atoms with Crippen LogP contribution in [0.3, 0.4) is 0 Å². The molecule has 0 fully saturated rings. The van der Waals surface area contributed by atoms with Gasteiger partial charge in [0, 0.05) is 6.42 Å². The van der Waals surface area contributed by atoms with Gasteiger partial charge in [-0.1, -0.05) is 67.3 Å². The predicted octanol–water partition coefficient (Wildman–Crippen LogP) is 3.19. The molecule has 0 bridgehead atoms. The number of benzene rings is 1. The van der Waals surface area contributed by atoms with E-state index in [2.05, 4.69) is 13.2 Å². The minimum absolute atomic E-state index is 0.490. The Kier molecular flexibility index (Phi) is 4.58. The summed E-state index contributed by atoms with van der Waals surface area (Å²) < 4.78 is 0. The Hall–Kier alpha value is -1.60. The summed E-state index contributed by atoms with van der Waals surface area (Å²) >= 11 is 0. The second kappa shape index (κ2) is 5.99. The van der Waals surface area contributed by atoms with E-state index in [0.717, 1.165) is 11.1 Å². The third-order valence-corrected chi connectivity index (χ3v) is 2.07. The van der Waals surface area contributed by atoms with Crippen LogP contribution in [0.1, 0.15) is 12.0 Å². The summed E-state index contributed by atoms with van der Waals surface area (Å²) in [7, 11) is 0. The van der Waals surface area contributed by atoms with Crippen LogP contribution < -0.4 is 0 Å². The second-order valence-electron chi connectivity index (χ2n) is 3.40. The van der Waals surface area contributed by atoms with E-state index in [1.54, 1.807) is 12.2 Å². The smallest absolute Gasteiger partial charge is 0.0764 e. The van der Waals surface area contributed by atoms with Crippen molar-refractivity contribution in [1.82, 2.24) is 0 Å². The lowest BCUT2D eigenvalue weighted by molar-refractivity contribution is 0.225. The van der Waals surface area contributed by atoms with Gasteiger partial charge in [0.1, 0.15) is 0 Å². The molecular formula is C14H16O. The summed E-state index contributed by atoms with van der Waals surface area (Å²) in [6, 6.07) is 9.88. The number of hydrogen-bond acceptors (Lipinski definition) is 1. The Labute approximate surface area is 91.1 Å². The Morgan fingerprint density at radius 2 is 2.00 bits per heavy atom. The van der Waals surface area contributed by atoms with Crippen molar-refractivity contribution in [2.24, 2.45) is 0 Å². The summed E-state index contributed by atoms with van der Waals surface area (Å²) in [5.41, 5.74) is 1.93. The quantitative estimate of drug-likeness (QED) is 0.724. The normalized spacial score (nSPS) is 12.6. The molecule has 0 amide bonds. The predicted molar refractivity (Wildman–Crippen MR) is 65.4 cm³/mol. The van der Waals surface area contributed by atoms with Crippen molar-refractivity contribution in [2.75, 3.05) is 0 Å². The average molecular weight is 200 g/mol. The highest BCUT2D eigenvalue weighted by atomic mass is 16.3. The second-order valence-corrected chi connectivity index (χ2v) is 3.40. The zero-order chi connectivity index (χ0) is 11.1. The molecule has 78 valence electrons. The van der Waals surface area contributed by atoms with Gasteiger partial charge in [-0.05, 0) is 5.56 Å². The fraction of sp³-hybridized carbons (Fsp3) is 0.143. The van der Waals surface area contributed by atoms with Gasteiger partial charge in [0.25, 0.3) is 0 Å². The van der Waals surface area contributed by atoms with Crippen LogP contribution in [0.2, 0.25) is 0 Å². The maximum atomic E-state index is 9.62. The molecule has 0 aliphatic rings. The summed E-state index contributed by atoms with van der Waals surface area (Å²) in [5.74, 6) is 0. The summed E-state index contributed by atoms with van der Waals surface area (Å²) in [6.07, 6.45) is 5.38. The molecule has 0 saturated carbocycles. The lowest BCUT2D eigenvalue weighted by Gasteiger charge is -2.04. The molecule has 1 aromatic rings. The minimum Gasteiger partial charge on any atom is -0.389 e. The first-order chi connectivity index (χ1) is 7.22. The molecule has 0 spiro atoms. The van der Waals surface area contributed by atoms with Crippen molar-refractivity contribution in [3.05, 3.63) is 66.8 Å². The van der Waals surface area contributed by atoms with Gasteiger partial charge in [0.2, 0.25) is 0 Å². The van der Waals surface area contributed by atoms with Gasteiger partial charge >= 0.3 is 0 Å². The maximum absolute atomic E-state index is 9.62. The van der Waals surface area contributed by atoms with Crippen molar-refractivity contribution in [3.63, 3.8) is 0 Å². The van der Waals surface area contributed by atoms with Gasteiger partial charge in [-0.2, -0.15) is 0 Å². The molecule has 1 aromatic carbocycles. The Morgan fingerprint density at radius 3 is 2.60 bits per heavy atom. The number of allylic oxidation sites excluding steroid dienone is 1. The molecule has 0 radical (unpaired) electrons. The number of hydrogen-bond donors (Lipinski definition) is 1. The Bertz CT molecular complexity index is 349. The highest BCUT2D eigenvalue weighted by Gasteiger charge is 1.99. The SMILES string of the molecule is C=CC(=C)C[C@H](O)/C=C/c1ccccc1. The molecule has 1 atom stereocenters. The van der Waals surface area contributed by atoms with Gasteiger partial charge < -0.3 is 5.11 Å². The zero-order valence-electron chi connectivity index (χ0n) is 8.76. The van der Waals surface area contributed by atoms with Crippen molar-refractivity contribution < 1.29 is 5.11 Å². The fourth-order valence-corrected chi connectivity index (χ4v) is 1.21. The first-order valence-electron chi connectivity index (χ1n) is 4.94. The van der Waals surface area contributed by atoms with Crippen LogP contribution in [0.15, 0.2) is 61.2 Å². The number of aliphatic hydroxyl groups is 1. The van der Waals surface area contributed by atoms with Crippen molar-refractivity contribution in [3.8, 4) is 0 Å². The van der Waals surface area contributed by atoms with E-state index >= 15 is 0 Å². The first kappa shape index (κ1) is 11.5. The summed E-state index contributed by atoms with van der Waals surface area (Å²) in [5, 5.41) is 9.62. The van der Waals surface area contributed by atoms with Crippen molar-refractivity contribution >= 4 is 6.08 Å². The Morgan fingerprint density at radius 1 is 1.33 bits per heavy atom. The Balaban J connectivity index is 2.51. The van der Waals surface area contributed by atoms with Gasteiger partial charge in [-0.15, -0.1) is 0 Å². The van der Waals surface area contributed by atoms with Crippen LogP contribution >= 0.6 is 0 Å². The summed E-state index contributed by atoms with van der Waals surface area (Å²) in [6.45, 7) is 7.35. The minimum atomic E-state index is -0.490. The largest absolute Gasteiger partial charge is 0.389 e. The van der Waals surface area contributed by atoms with Crippen LogP contribution in [0.5, 0.6) is 0 Å². The standard InChI is InChI=1S/C14H16O/c1-3-12(2)11-14(15)10-9-13-7-5-4-6-8-13/h3-10,14-15H,1-2,11H2/b10-9+/t14-/m1/s1. The van der Waals surface area contributed by atoms with Crippen molar-refractivity contribution in [2.45, 2.75) is 12.5 Å². The van der Waals surface area contributed by atoms with E-state index in [9.17, 15) is 5.11 Å². The molecule has 1 rings (SSSR count). The molecule has 0 unspecified atom stereocenters. The topological polar surface area (TPSA) is 20.2 Å². The molecule has 1 N–H and O–H groups in total. The van der Waals surface area contributed by atoms with Crippen LogP contribution in [0.4, 0.5) is 0 Å². The summed E-state index contributed by atoms with van der Waals surface area (Å²) in [4.78, 5) is 0. The molecule has 0 aliphatic carbocycles. The van der Waals surface area contributed by atoms with Gasteiger partial charge in [0.05, 0.1) is 6.10 Å². The van der Waals surface area contributed by atoms with Gasteiger partial charge in [0.15, 0.2) is 0 Å². The average Bonchev–Trinajstić information content (AvgIpc) is 2.27. The number of aliphatic hydroxyl groups excluding tert-OH is 1. The van der Waals surface area contributed by atoms with E-state index in [-0.39, 0.29) is 0 Å². The van der Waals surface area contributed by atoms with E-state index in [0.29, 0.717) is 6.42 Å². The van der Waals surface area contributed by atoms with Gasteiger partial charge in [-0.25, -0.2) is 0 Å². The monoisotopic (exact) mass is 200 g/mol. The number of rotatable bonds is 5. The van der Waals surface area contributed by atoms with E-state index in [1.807, 2.05) is 36.4 Å². The molecule has 0 aromatic heterocycles. The van der Waals surface area contributed by atoms with Crippen LogP contribution in [0, 0.1) is 0 Å². The lowest BCUT2D eigenvalue weighted by Crippen LogP contribution is -2.01.